The van der Waals surface area contributed by atoms with Crippen LogP contribution in [0.15, 0.2) is 70.0 Å². The molecule has 0 bridgehead atoms. The molecular weight excluding hydrogens is 404 g/mol. The van der Waals surface area contributed by atoms with Crippen molar-refractivity contribution in [2.75, 3.05) is 18.5 Å². The zero-order chi connectivity index (χ0) is 20.1. The SMILES string of the molecule is O=S(=O)(c1cccc(-c2csc(NN=Cc3ccccc3)n2)c1)N1CCCCC1. The van der Waals surface area contributed by atoms with Crippen molar-refractivity contribution in [2.24, 2.45) is 5.10 Å². The number of benzene rings is 2. The molecule has 2 heterocycles. The third-order valence-corrected chi connectivity index (χ3v) is 7.40. The van der Waals surface area contributed by atoms with Gasteiger partial charge in [0.25, 0.3) is 0 Å². The zero-order valence-corrected chi connectivity index (χ0v) is 17.5. The van der Waals surface area contributed by atoms with Crippen molar-refractivity contribution in [2.45, 2.75) is 24.2 Å². The zero-order valence-electron chi connectivity index (χ0n) is 15.9. The topological polar surface area (TPSA) is 74.7 Å². The first-order valence-electron chi connectivity index (χ1n) is 9.53. The van der Waals surface area contributed by atoms with Gasteiger partial charge >= 0.3 is 0 Å². The van der Waals surface area contributed by atoms with E-state index in [9.17, 15) is 8.42 Å². The summed E-state index contributed by atoms with van der Waals surface area (Å²) in [4.78, 5) is 4.85. The Morgan fingerprint density at radius 3 is 2.62 bits per heavy atom. The van der Waals surface area contributed by atoms with Crippen LogP contribution in [0.3, 0.4) is 0 Å². The van der Waals surface area contributed by atoms with Crippen molar-refractivity contribution in [1.82, 2.24) is 9.29 Å². The fourth-order valence-corrected chi connectivity index (χ4v) is 5.46. The van der Waals surface area contributed by atoms with Gasteiger partial charge < -0.3 is 0 Å². The van der Waals surface area contributed by atoms with Crippen LogP contribution in [0.25, 0.3) is 11.3 Å². The van der Waals surface area contributed by atoms with Crippen molar-refractivity contribution >= 4 is 32.7 Å². The van der Waals surface area contributed by atoms with Crippen molar-refractivity contribution < 1.29 is 8.42 Å². The molecule has 3 aromatic rings. The largest absolute Gasteiger partial charge is 0.253 e. The monoisotopic (exact) mass is 426 g/mol. The number of rotatable bonds is 6. The molecule has 4 rings (SSSR count). The molecular formula is C21H22N4O2S2. The highest BCUT2D eigenvalue weighted by atomic mass is 32.2. The Morgan fingerprint density at radius 2 is 1.83 bits per heavy atom. The minimum absolute atomic E-state index is 0.321. The molecule has 0 aliphatic carbocycles. The number of aromatic nitrogens is 1. The molecule has 0 unspecified atom stereocenters. The first kappa shape index (κ1) is 19.8. The molecule has 2 aromatic carbocycles. The van der Waals surface area contributed by atoms with Gasteiger partial charge in [0, 0.05) is 24.0 Å². The van der Waals surface area contributed by atoms with E-state index in [-0.39, 0.29) is 0 Å². The van der Waals surface area contributed by atoms with Crippen molar-refractivity contribution in [3.8, 4) is 11.3 Å². The molecule has 8 heteroatoms. The molecule has 0 spiro atoms. The van der Waals surface area contributed by atoms with E-state index >= 15 is 0 Å². The van der Waals surface area contributed by atoms with Crippen molar-refractivity contribution in [3.63, 3.8) is 0 Å². The fourth-order valence-electron chi connectivity index (χ4n) is 3.23. The highest BCUT2D eigenvalue weighted by Gasteiger charge is 2.26. The van der Waals surface area contributed by atoms with Gasteiger partial charge in [-0.15, -0.1) is 11.3 Å². The lowest BCUT2D eigenvalue weighted by Crippen LogP contribution is -2.35. The number of hydrogen-bond donors (Lipinski definition) is 1. The Balaban J connectivity index is 1.49. The van der Waals surface area contributed by atoms with Gasteiger partial charge in [-0.3, -0.25) is 5.43 Å². The van der Waals surface area contributed by atoms with Gasteiger partial charge in [0.05, 0.1) is 16.8 Å². The number of hydrogen-bond acceptors (Lipinski definition) is 6. The van der Waals surface area contributed by atoms with E-state index in [1.54, 1.807) is 28.7 Å². The van der Waals surface area contributed by atoms with E-state index in [2.05, 4.69) is 15.5 Å². The quantitative estimate of drug-likeness (QED) is 0.467. The predicted octanol–water partition coefficient (Wildman–Crippen LogP) is 4.43. The van der Waals surface area contributed by atoms with Crippen LogP contribution in [0, 0.1) is 0 Å². The number of sulfonamides is 1. The maximum absolute atomic E-state index is 12.9. The standard InChI is InChI=1S/C21H22N4O2S2/c26-29(27,25-12-5-2-6-13-25)19-11-7-10-18(14-19)20-16-28-21(23-20)24-22-15-17-8-3-1-4-9-17/h1,3-4,7-11,14-16H,2,5-6,12-13H2,(H,23,24). The molecule has 0 atom stereocenters. The molecule has 1 aliphatic rings. The fraction of sp³-hybridized carbons (Fsp3) is 0.238. The average molecular weight is 427 g/mol. The lowest BCUT2D eigenvalue weighted by Gasteiger charge is -2.26. The van der Waals surface area contributed by atoms with Crippen LogP contribution >= 0.6 is 11.3 Å². The van der Waals surface area contributed by atoms with E-state index in [4.69, 9.17) is 0 Å². The first-order valence-corrected chi connectivity index (χ1v) is 11.9. The second-order valence-corrected chi connectivity index (χ2v) is 9.61. The minimum atomic E-state index is -3.46. The van der Waals surface area contributed by atoms with Crippen LogP contribution in [0.5, 0.6) is 0 Å². The van der Waals surface area contributed by atoms with Crippen molar-refractivity contribution in [1.29, 1.82) is 0 Å². The third kappa shape index (κ3) is 4.72. The smallest absolute Gasteiger partial charge is 0.243 e. The second-order valence-electron chi connectivity index (χ2n) is 6.81. The van der Waals surface area contributed by atoms with Gasteiger partial charge in [-0.25, -0.2) is 13.4 Å². The van der Waals surface area contributed by atoms with Gasteiger partial charge in [0.1, 0.15) is 0 Å². The number of hydrazone groups is 1. The van der Waals surface area contributed by atoms with Crippen molar-refractivity contribution in [3.05, 3.63) is 65.5 Å². The summed E-state index contributed by atoms with van der Waals surface area (Å²) in [5.41, 5.74) is 5.43. The van der Waals surface area contributed by atoms with Crippen LogP contribution < -0.4 is 5.43 Å². The molecule has 1 fully saturated rings. The Bertz CT molecular complexity index is 1090. The molecule has 0 amide bonds. The Kier molecular flexibility index (Phi) is 6.03. The summed E-state index contributed by atoms with van der Waals surface area (Å²) in [6.45, 7) is 1.19. The van der Waals surface area contributed by atoms with E-state index in [0.29, 0.717) is 23.1 Å². The Morgan fingerprint density at radius 1 is 1.03 bits per heavy atom. The minimum Gasteiger partial charge on any atom is -0.253 e. The summed E-state index contributed by atoms with van der Waals surface area (Å²) in [5.74, 6) is 0. The maximum Gasteiger partial charge on any atom is 0.243 e. The number of thiazole rings is 1. The summed E-state index contributed by atoms with van der Waals surface area (Å²) >= 11 is 1.43. The van der Waals surface area contributed by atoms with Gasteiger partial charge in [-0.1, -0.05) is 48.9 Å². The molecule has 6 nitrogen and oxygen atoms in total. The van der Waals surface area contributed by atoms with E-state index in [1.807, 2.05) is 41.8 Å². The number of anilines is 1. The highest BCUT2D eigenvalue weighted by Crippen LogP contribution is 2.28. The normalized spacial score (nSPS) is 15.6. The predicted molar refractivity (Wildman–Crippen MR) is 118 cm³/mol. The van der Waals surface area contributed by atoms with Gasteiger partial charge in [0.2, 0.25) is 15.2 Å². The number of piperidine rings is 1. The van der Waals surface area contributed by atoms with Crippen LogP contribution in [-0.2, 0) is 10.0 Å². The van der Waals surface area contributed by atoms with Crippen LogP contribution in [0.2, 0.25) is 0 Å². The molecule has 150 valence electrons. The number of nitrogens with one attached hydrogen (secondary N) is 1. The van der Waals surface area contributed by atoms with E-state index < -0.39 is 10.0 Å². The van der Waals surface area contributed by atoms with Crippen LogP contribution in [0.1, 0.15) is 24.8 Å². The summed E-state index contributed by atoms with van der Waals surface area (Å²) < 4.78 is 27.4. The summed E-state index contributed by atoms with van der Waals surface area (Å²) in [6, 6.07) is 16.8. The molecule has 0 saturated carbocycles. The summed E-state index contributed by atoms with van der Waals surface area (Å²) in [6.07, 6.45) is 4.66. The van der Waals surface area contributed by atoms with Crippen LogP contribution in [0.4, 0.5) is 5.13 Å². The Labute approximate surface area is 175 Å². The van der Waals surface area contributed by atoms with E-state index in [1.165, 1.54) is 11.3 Å². The Hall–Kier alpha value is -2.55. The molecule has 1 N–H and O–H groups in total. The number of nitrogens with zero attached hydrogens (tertiary/aromatic N) is 3. The van der Waals surface area contributed by atoms with Crippen LogP contribution in [-0.4, -0.2) is 37.0 Å². The van der Waals surface area contributed by atoms with Gasteiger partial charge in [-0.05, 0) is 30.5 Å². The van der Waals surface area contributed by atoms with E-state index in [0.717, 1.165) is 36.1 Å². The first-order chi connectivity index (χ1) is 14.1. The van der Waals surface area contributed by atoms with Gasteiger partial charge in [0.15, 0.2) is 0 Å². The van der Waals surface area contributed by atoms with Gasteiger partial charge in [-0.2, -0.15) is 9.41 Å². The average Bonchev–Trinajstić information content (AvgIpc) is 3.24. The lowest BCUT2D eigenvalue weighted by atomic mass is 10.2. The third-order valence-electron chi connectivity index (χ3n) is 4.76. The maximum atomic E-state index is 12.9. The molecule has 29 heavy (non-hydrogen) atoms. The summed E-state index contributed by atoms with van der Waals surface area (Å²) in [5, 5.41) is 6.75. The lowest BCUT2D eigenvalue weighted by molar-refractivity contribution is 0.346. The second kappa shape index (κ2) is 8.86. The highest BCUT2D eigenvalue weighted by molar-refractivity contribution is 7.89. The molecule has 1 aliphatic heterocycles. The molecule has 1 aromatic heterocycles. The molecule has 0 radical (unpaired) electrons. The molecule has 1 saturated heterocycles. The summed E-state index contributed by atoms with van der Waals surface area (Å²) in [7, 11) is -3.46.